The van der Waals surface area contributed by atoms with E-state index in [4.69, 9.17) is 11.6 Å². The third-order valence-electron chi connectivity index (χ3n) is 1.80. The van der Waals surface area contributed by atoms with Gasteiger partial charge in [0.2, 0.25) is 0 Å². The van der Waals surface area contributed by atoms with Crippen LogP contribution in [-0.4, -0.2) is 20.2 Å². The number of halogens is 3. The van der Waals surface area contributed by atoms with Crippen molar-refractivity contribution < 1.29 is 0 Å². The van der Waals surface area contributed by atoms with Crippen LogP contribution in [0.5, 0.6) is 0 Å². The minimum absolute atomic E-state index is 0.291. The largest absolute Gasteiger partial charge is 0.196 e. The highest BCUT2D eigenvalue weighted by Gasteiger charge is 2.07. The second-order valence-electron chi connectivity index (χ2n) is 2.74. The number of nitrogens with zero attached hydrogens (tertiary/aromatic N) is 4. The maximum atomic E-state index is 5.72. The number of hydrogen-bond donors (Lipinski definition) is 0. The average Bonchev–Trinajstić information content (AvgIpc) is 2.70. The van der Waals surface area contributed by atoms with E-state index >= 15 is 0 Å². The zero-order valence-electron chi connectivity index (χ0n) is 7.36. The maximum Gasteiger partial charge on any atom is 0.171 e. The van der Waals surface area contributed by atoms with Crippen molar-refractivity contribution in [2.24, 2.45) is 0 Å². The van der Waals surface area contributed by atoms with E-state index in [1.54, 1.807) is 4.68 Å². The molecule has 15 heavy (non-hydrogen) atoms. The van der Waals surface area contributed by atoms with Crippen molar-refractivity contribution in [3.8, 4) is 5.69 Å². The molecular formula is C8H5BrClIN4. The summed E-state index contributed by atoms with van der Waals surface area (Å²) in [6.07, 6.45) is 0. The summed E-state index contributed by atoms with van der Waals surface area (Å²) in [5, 5.41) is 11.3. The van der Waals surface area contributed by atoms with Gasteiger partial charge in [-0.15, -0.1) is 16.7 Å². The maximum absolute atomic E-state index is 5.72. The van der Waals surface area contributed by atoms with Crippen LogP contribution in [0.25, 0.3) is 5.69 Å². The zero-order valence-corrected chi connectivity index (χ0v) is 11.9. The first-order valence-electron chi connectivity index (χ1n) is 4.01. The van der Waals surface area contributed by atoms with Crippen molar-refractivity contribution in [1.29, 1.82) is 0 Å². The molecule has 4 nitrogen and oxygen atoms in total. The van der Waals surface area contributed by atoms with Crippen LogP contribution in [0.2, 0.25) is 0 Å². The van der Waals surface area contributed by atoms with E-state index in [0.29, 0.717) is 11.7 Å². The summed E-state index contributed by atoms with van der Waals surface area (Å²) in [6.45, 7) is 0. The van der Waals surface area contributed by atoms with Gasteiger partial charge >= 0.3 is 0 Å². The topological polar surface area (TPSA) is 43.6 Å². The van der Waals surface area contributed by atoms with Gasteiger partial charge in [-0.25, -0.2) is 0 Å². The molecule has 1 aromatic heterocycles. The monoisotopic (exact) mass is 398 g/mol. The molecule has 78 valence electrons. The predicted molar refractivity (Wildman–Crippen MR) is 69.1 cm³/mol. The van der Waals surface area contributed by atoms with Crippen LogP contribution < -0.4 is 0 Å². The molecule has 0 spiro atoms. The number of rotatable bonds is 2. The summed E-state index contributed by atoms with van der Waals surface area (Å²) >= 11 is 11.4. The first-order valence-corrected chi connectivity index (χ1v) is 6.41. The lowest BCUT2D eigenvalue weighted by molar-refractivity contribution is 0.776. The number of aromatic nitrogens is 4. The zero-order chi connectivity index (χ0) is 10.8. The van der Waals surface area contributed by atoms with Crippen molar-refractivity contribution in [2.75, 3.05) is 0 Å². The molecule has 1 aromatic carbocycles. The van der Waals surface area contributed by atoms with Crippen LogP contribution in [0, 0.1) is 3.57 Å². The molecule has 0 saturated heterocycles. The predicted octanol–water partition coefficient (Wildman–Crippen LogP) is 2.77. The molecule has 0 aliphatic heterocycles. The lowest BCUT2D eigenvalue weighted by atomic mass is 10.3. The highest BCUT2D eigenvalue weighted by atomic mass is 127. The molecule has 0 radical (unpaired) electrons. The molecule has 0 atom stereocenters. The minimum atomic E-state index is 0.291. The van der Waals surface area contributed by atoms with Crippen molar-refractivity contribution in [1.82, 2.24) is 20.2 Å². The molecule has 0 bridgehead atoms. The highest BCUT2D eigenvalue weighted by molar-refractivity contribution is 14.1. The minimum Gasteiger partial charge on any atom is -0.196 e. The van der Waals surface area contributed by atoms with Crippen molar-refractivity contribution in [3.05, 3.63) is 32.1 Å². The summed E-state index contributed by atoms with van der Waals surface area (Å²) in [5.74, 6) is 0.925. The molecule has 0 aliphatic rings. The van der Waals surface area contributed by atoms with Crippen molar-refractivity contribution in [3.63, 3.8) is 0 Å². The lowest BCUT2D eigenvalue weighted by Gasteiger charge is -2.03. The second kappa shape index (κ2) is 4.75. The van der Waals surface area contributed by atoms with Crippen molar-refractivity contribution >= 4 is 50.1 Å². The fourth-order valence-corrected chi connectivity index (χ4v) is 2.02. The number of benzene rings is 1. The Morgan fingerprint density at radius 3 is 2.93 bits per heavy atom. The van der Waals surface area contributed by atoms with Gasteiger partial charge in [0.25, 0.3) is 0 Å². The number of alkyl halides is 1. The quantitative estimate of drug-likeness (QED) is 0.576. The van der Waals surface area contributed by atoms with Gasteiger partial charge in [-0.3, -0.25) is 0 Å². The molecular weight excluding hydrogens is 394 g/mol. The van der Waals surface area contributed by atoms with E-state index in [2.05, 4.69) is 54.0 Å². The first kappa shape index (κ1) is 11.3. The van der Waals surface area contributed by atoms with E-state index in [0.717, 1.165) is 13.7 Å². The smallest absolute Gasteiger partial charge is 0.171 e. The van der Waals surface area contributed by atoms with Gasteiger partial charge in [0.05, 0.1) is 11.6 Å². The Kier molecular flexibility index (Phi) is 3.57. The van der Waals surface area contributed by atoms with Crippen molar-refractivity contribution in [2.45, 2.75) is 5.88 Å². The Morgan fingerprint density at radius 2 is 2.27 bits per heavy atom. The summed E-state index contributed by atoms with van der Waals surface area (Å²) in [4.78, 5) is 0. The molecule has 0 amide bonds. The van der Waals surface area contributed by atoms with Crippen LogP contribution in [0.15, 0.2) is 22.7 Å². The average molecular weight is 399 g/mol. The molecule has 2 aromatic rings. The van der Waals surface area contributed by atoms with E-state index in [-0.39, 0.29) is 0 Å². The Bertz CT molecular complexity index is 487. The summed E-state index contributed by atoms with van der Waals surface area (Å²) in [5.41, 5.74) is 0.906. The van der Waals surface area contributed by atoms with Gasteiger partial charge in [0.1, 0.15) is 0 Å². The SMILES string of the molecule is ClCc1nnnn1-c1ccc(Br)c(I)c1. The van der Waals surface area contributed by atoms with Crippen LogP contribution >= 0.6 is 50.1 Å². The molecule has 0 saturated carbocycles. The second-order valence-corrected chi connectivity index (χ2v) is 5.02. The van der Waals surface area contributed by atoms with E-state index < -0.39 is 0 Å². The normalized spacial score (nSPS) is 10.6. The van der Waals surface area contributed by atoms with Gasteiger partial charge < -0.3 is 0 Å². The molecule has 0 aliphatic carbocycles. The van der Waals surface area contributed by atoms with Gasteiger partial charge in [-0.05, 0) is 67.1 Å². The van der Waals surface area contributed by atoms with Gasteiger partial charge in [0.15, 0.2) is 5.82 Å². The van der Waals surface area contributed by atoms with E-state index in [1.165, 1.54) is 0 Å². The molecule has 0 fully saturated rings. The van der Waals surface area contributed by atoms with E-state index in [9.17, 15) is 0 Å². The Morgan fingerprint density at radius 1 is 1.47 bits per heavy atom. The highest BCUT2D eigenvalue weighted by Crippen LogP contribution is 2.22. The van der Waals surface area contributed by atoms with Crippen LogP contribution in [0.1, 0.15) is 5.82 Å². The van der Waals surface area contributed by atoms with Gasteiger partial charge in [0, 0.05) is 8.04 Å². The summed E-state index contributed by atoms with van der Waals surface area (Å²) < 4.78 is 3.77. The van der Waals surface area contributed by atoms with Crippen LogP contribution in [-0.2, 0) is 5.88 Å². The van der Waals surface area contributed by atoms with Gasteiger partial charge in [-0.1, -0.05) is 0 Å². The fourth-order valence-electron chi connectivity index (χ4n) is 1.11. The third kappa shape index (κ3) is 2.31. The fraction of sp³-hybridized carbons (Fsp3) is 0.125. The van der Waals surface area contributed by atoms with E-state index in [1.807, 2.05) is 18.2 Å². The Balaban J connectivity index is 2.50. The molecule has 0 N–H and O–H groups in total. The summed E-state index contributed by atoms with van der Waals surface area (Å²) in [6, 6.07) is 5.87. The standard InChI is InChI=1S/C8H5BrClIN4/c9-6-2-1-5(3-7(6)11)15-8(4-10)12-13-14-15/h1-3H,4H2. The van der Waals surface area contributed by atoms with Gasteiger partial charge in [-0.2, -0.15) is 4.68 Å². The number of hydrogen-bond acceptors (Lipinski definition) is 3. The molecule has 7 heteroatoms. The lowest BCUT2D eigenvalue weighted by Crippen LogP contribution is -2.01. The first-order chi connectivity index (χ1) is 7.22. The Hall–Kier alpha value is -0.210. The third-order valence-corrected chi connectivity index (χ3v) is 4.37. The summed E-state index contributed by atoms with van der Waals surface area (Å²) in [7, 11) is 0. The van der Waals surface area contributed by atoms with Crippen LogP contribution in [0.3, 0.4) is 0 Å². The molecule has 2 rings (SSSR count). The number of tetrazole rings is 1. The van der Waals surface area contributed by atoms with Crippen LogP contribution in [0.4, 0.5) is 0 Å². The molecule has 1 heterocycles. The molecule has 0 unspecified atom stereocenters. The Labute approximate surface area is 113 Å².